The van der Waals surface area contributed by atoms with E-state index in [1.807, 2.05) is 4.90 Å². The average molecular weight is 338 g/mol. The first-order chi connectivity index (χ1) is 11.0. The van der Waals surface area contributed by atoms with Gasteiger partial charge in [0.1, 0.15) is 0 Å². The van der Waals surface area contributed by atoms with Crippen molar-refractivity contribution in [3.63, 3.8) is 0 Å². The minimum atomic E-state index is -1.01. The zero-order valence-electron chi connectivity index (χ0n) is 14.1. The van der Waals surface area contributed by atoms with Crippen LogP contribution in [0.1, 0.15) is 32.6 Å². The maximum atomic E-state index is 12.7. The van der Waals surface area contributed by atoms with Crippen LogP contribution in [0, 0.1) is 0 Å². The number of carbonyl (C=O) groups is 1. The Kier molecular flexibility index (Phi) is 6.18. The number of amides is 2. The first kappa shape index (κ1) is 17.9. The van der Waals surface area contributed by atoms with Crippen LogP contribution in [-0.4, -0.2) is 47.2 Å². The molecule has 1 N–H and O–H groups in total. The number of ether oxygens (including phenoxy) is 1. The number of nitrogens with zero attached hydrogens (tertiary/aromatic N) is 1. The van der Waals surface area contributed by atoms with Crippen molar-refractivity contribution in [3.8, 4) is 0 Å². The molecule has 0 radical (unpaired) electrons. The quantitative estimate of drug-likeness (QED) is 0.866. The normalized spacial score (nSPS) is 22.1. The molecule has 0 spiro atoms. The van der Waals surface area contributed by atoms with Gasteiger partial charge in [-0.1, -0.05) is 13.3 Å². The molecule has 1 aliphatic rings. The van der Waals surface area contributed by atoms with Crippen molar-refractivity contribution >= 4 is 22.5 Å². The zero-order valence-corrected chi connectivity index (χ0v) is 14.9. The van der Waals surface area contributed by atoms with Crippen molar-refractivity contribution in [1.29, 1.82) is 0 Å². The molecule has 2 rings (SSSR count). The van der Waals surface area contributed by atoms with Crippen molar-refractivity contribution < 1.29 is 13.7 Å². The monoisotopic (exact) mass is 338 g/mol. The van der Waals surface area contributed by atoms with Crippen LogP contribution in [0.15, 0.2) is 29.2 Å². The smallest absolute Gasteiger partial charge is 0.322 e. The number of benzene rings is 1. The van der Waals surface area contributed by atoms with Crippen molar-refractivity contribution in [2.75, 3.05) is 31.8 Å². The lowest BCUT2D eigenvalue weighted by atomic mass is 9.91. The highest BCUT2D eigenvalue weighted by Gasteiger charge is 2.42. The summed E-state index contributed by atoms with van der Waals surface area (Å²) < 4.78 is 16.8. The van der Waals surface area contributed by atoms with Crippen LogP contribution in [0.2, 0.25) is 0 Å². The number of hydrogen-bond acceptors (Lipinski definition) is 3. The van der Waals surface area contributed by atoms with E-state index in [1.165, 1.54) is 0 Å². The Labute approximate surface area is 140 Å². The number of nitrogens with one attached hydrogen (secondary N) is 1. The van der Waals surface area contributed by atoms with E-state index in [9.17, 15) is 9.00 Å². The third-order valence-corrected chi connectivity index (χ3v) is 5.34. The predicted octanol–water partition coefficient (Wildman–Crippen LogP) is 3.24. The van der Waals surface area contributed by atoms with Crippen LogP contribution in [0.3, 0.4) is 0 Å². The molecule has 2 atom stereocenters. The molecule has 0 saturated carbocycles. The Morgan fingerprint density at radius 2 is 2.09 bits per heavy atom. The summed E-state index contributed by atoms with van der Waals surface area (Å²) in [6.45, 7) is 3.46. The van der Waals surface area contributed by atoms with Gasteiger partial charge in [-0.2, -0.15) is 0 Å². The largest absolute Gasteiger partial charge is 0.382 e. The topological polar surface area (TPSA) is 58.6 Å². The molecule has 1 saturated heterocycles. The van der Waals surface area contributed by atoms with Gasteiger partial charge in [0.15, 0.2) is 0 Å². The van der Waals surface area contributed by atoms with E-state index < -0.39 is 10.8 Å². The van der Waals surface area contributed by atoms with Gasteiger partial charge >= 0.3 is 6.03 Å². The number of rotatable bonds is 6. The van der Waals surface area contributed by atoms with Crippen molar-refractivity contribution in [2.24, 2.45) is 0 Å². The maximum Gasteiger partial charge on any atom is 0.322 e. The van der Waals surface area contributed by atoms with E-state index >= 15 is 0 Å². The fraction of sp³-hybridized carbons (Fsp3) is 0.588. The molecule has 1 aromatic rings. The molecule has 1 heterocycles. The number of methoxy groups -OCH3 is 1. The van der Waals surface area contributed by atoms with E-state index in [0.29, 0.717) is 6.61 Å². The highest BCUT2D eigenvalue weighted by Crippen LogP contribution is 2.34. The highest BCUT2D eigenvalue weighted by molar-refractivity contribution is 7.84. The zero-order chi connectivity index (χ0) is 16.9. The molecular weight excluding hydrogens is 312 g/mol. The Balaban J connectivity index is 2.10. The first-order valence-corrected chi connectivity index (χ1v) is 9.59. The van der Waals surface area contributed by atoms with Crippen LogP contribution in [-0.2, 0) is 15.5 Å². The predicted molar refractivity (Wildman–Crippen MR) is 93.2 cm³/mol. The molecule has 1 aromatic carbocycles. The summed E-state index contributed by atoms with van der Waals surface area (Å²) in [4.78, 5) is 15.4. The Hall–Kier alpha value is -1.40. The second kappa shape index (κ2) is 7.93. The third-order valence-electron chi connectivity index (χ3n) is 4.41. The van der Waals surface area contributed by atoms with E-state index in [4.69, 9.17) is 4.74 Å². The second-order valence-electron chi connectivity index (χ2n) is 6.07. The van der Waals surface area contributed by atoms with Crippen LogP contribution in [0.5, 0.6) is 0 Å². The molecule has 6 heteroatoms. The summed E-state index contributed by atoms with van der Waals surface area (Å²) in [6, 6.07) is 7.07. The summed E-state index contributed by atoms with van der Waals surface area (Å²) >= 11 is 0. The highest BCUT2D eigenvalue weighted by atomic mass is 32.2. The third kappa shape index (κ3) is 4.12. The summed E-state index contributed by atoms with van der Waals surface area (Å²) in [5.41, 5.74) is 0.525. The van der Waals surface area contributed by atoms with Gasteiger partial charge in [0.05, 0.1) is 12.1 Å². The molecule has 1 fully saturated rings. The lowest BCUT2D eigenvalue weighted by Gasteiger charge is -2.38. The van der Waals surface area contributed by atoms with Gasteiger partial charge in [0, 0.05) is 41.3 Å². The number of urea groups is 1. The lowest BCUT2D eigenvalue weighted by Crippen LogP contribution is -2.51. The molecule has 0 aromatic heterocycles. The molecular formula is C17H26N2O3S. The number of hydrogen-bond donors (Lipinski definition) is 1. The second-order valence-corrected chi connectivity index (χ2v) is 7.45. The maximum absolute atomic E-state index is 12.7. The minimum absolute atomic E-state index is 0.0848. The SMILES string of the molecule is CCC[C@]1(COC)CCCN1C(=O)Nc1ccc([S@](C)=O)cc1. The van der Waals surface area contributed by atoms with Gasteiger partial charge in [-0.25, -0.2) is 4.79 Å². The average Bonchev–Trinajstić information content (AvgIpc) is 2.92. The van der Waals surface area contributed by atoms with Gasteiger partial charge in [-0.15, -0.1) is 0 Å². The van der Waals surface area contributed by atoms with E-state index in [0.717, 1.165) is 42.8 Å². The van der Waals surface area contributed by atoms with Gasteiger partial charge in [0.2, 0.25) is 0 Å². The number of likely N-dealkylation sites (tertiary alicyclic amines) is 1. The van der Waals surface area contributed by atoms with Gasteiger partial charge in [-0.05, 0) is 43.5 Å². The fourth-order valence-corrected chi connectivity index (χ4v) is 3.91. The summed E-state index contributed by atoms with van der Waals surface area (Å²) in [5.74, 6) is 0. The molecule has 5 nitrogen and oxygen atoms in total. The minimum Gasteiger partial charge on any atom is -0.382 e. The standard InChI is InChI=1S/C17H26N2O3S/c1-4-10-17(13-22-2)11-5-12-19(17)16(20)18-14-6-8-15(9-7-14)23(3)21/h6-9H,4-5,10-13H2,1-3H3,(H,18,20)/t17-,23+/m1/s1. The van der Waals surface area contributed by atoms with Gasteiger partial charge in [-0.3, -0.25) is 4.21 Å². The summed E-state index contributed by atoms with van der Waals surface area (Å²) in [6.07, 6.45) is 5.59. The van der Waals surface area contributed by atoms with Crippen molar-refractivity contribution in [3.05, 3.63) is 24.3 Å². The molecule has 128 valence electrons. The fourth-order valence-electron chi connectivity index (χ4n) is 3.39. The molecule has 0 aliphatic carbocycles. The molecule has 1 aliphatic heterocycles. The van der Waals surface area contributed by atoms with Gasteiger partial charge < -0.3 is 15.0 Å². The Bertz CT molecular complexity index is 553. The summed E-state index contributed by atoms with van der Waals surface area (Å²) in [7, 11) is 0.680. The van der Waals surface area contributed by atoms with Crippen LogP contribution >= 0.6 is 0 Å². The van der Waals surface area contributed by atoms with E-state index in [-0.39, 0.29) is 11.6 Å². The molecule has 23 heavy (non-hydrogen) atoms. The van der Waals surface area contributed by atoms with E-state index in [1.54, 1.807) is 37.6 Å². The van der Waals surface area contributed by atoms with E-state index in [2.05, 4.69) is 12.2 Å². The van der Waals surface area contributed by atoms with Crippen LogP contribution in [0.25, 0.3) is 0 Å². The van der Waals surface area contributed by atoms with Crippen LogP contribution < -0.4 is 5.32 Å². The van der Waals surface area contributed by atoms with Gasteiger partial charge in [0.25, 0.3) is 0 Å². The Morgan fingerprint density at radius 3 is 2.65 bits per heavy atom. The lowest BCUT2D eigenvalue weighted by molar-refractivity contribution is 0.0540. The Morgan fingerprint density at radius 1 is 1.39 bits per heavy atom. The first-order valence-electron chi connectivity index (χ1n) is 8.03. The molecule has 0 bridgehead atoms. The number of anilines is 1. The van der Waals surface area contributed by atoms with Crippen molar-refractivity contribution in [1.82, 2.24) is 4.90 Å². The molecule has 2 amide bonds. The van der Waals surface area contributed by atoms with Crippen LogP contribution in [0.4, 0.5) is 10.5 Å². The number of carbonyl (C=O) groups excluding carboxylic acids is 1. The molecule has 0 unspecified atom stereocenters. The summed E-state index contributed by atoms with van der Waals surface area (Å²) in [5, 5.41) is 2.95. The van der Waals surface area contributed by atoms with Crippen molar-refractivity contribution in [2.45, 2.75) is 43.0 Å².